The van der Waals surface area contributed by atoms with Gasteiger partial charge in [0.25, 0.3) is 5.91 Å². The molecule has 2 amide bonds. The van der Waals surface area contributed by atoms with Gasteiger partial charge in [0, 0.05) is 12.6 Å². The molecule has 1 saturated heterocycles. The molecule has 0 aromatic heterocycles. The minimum absolute atomic E-state index is 0.168. The summed E-state index contributed by atoms with van der Waals surface area (Å²) in [6, 6.07) is 10.2. The molecule has 7 nitrogen and oxygen atoms in total. The highest BCUT2D eigenvalue weighted by molar-refractivity contribution is 6.11. The smallest absolute Gasteiger partial charge is 0.256 e. The first kappa shape index (κ1) is 15.2. The van der Waals surface area contributed by atoms with Gasteiger partial charge in [-0.2, -0.15) is 0 Å². The molecule has 132 valence electrons. The molecule has 2 aromatic rings. The Morgan fingerprint density at radius 3 is 2.69 bits per heavy atom. The Kier molecular flexibility index (Phi) is 3.20. The molecule has 0 aliphatic carbocycles. The zero-order valence-corrected chi connectivity index (χ0v) is 13.9. The maximum absolute atomic E-state index is 13.0. The molecule has 7 heteroatoms. The fourth-order valence-electron chi connectivity index (χ4n) is 3.83. The lowest BCUT2D eigenvalue weighted by Gasteiger charge is -2.22. The molecular formula is C19H17N3O4. The van der Waals surface area contributed by atoms with Crippen LogP contribution in [0.1, 0.15) is 16.8 Å². The molecule has 3 aliphatic heterocycles. The van der Waals surface area contributed by atoms with E-state index in [9.17, 15) is 9.59 Å². The molecule has 26 heavy (non-hydrogen) atoms. The van der Waals surface area contributed by atoms with E-state index in [-0.39, 0.29) is 24.6 Å². The van der Waals surface area contributed by atoms with Gasteiger partial charge in [-0.25, -0.2) is 0 Å². The third kappa shape index (κ3) is 2.17. The molecule has 1 fully saturated rings. The first-order valence-electron chi connectivity index (χ1n) is 8.53. The van der Waals surface area contributed by atoms with Crippen LogP contribution in [0.3, 0.4) is 0 Å². The van der Waals surface area contributed by atoms with Crippen LogP contribution in [0, 0.1) is 0 Å². The van der Waals surface area contributed by atoms with E-state index in [0.29, 0.717) is 35.7 Å². The summed E-state index contributed by atoms with van der Waals surface area (Å²) in [5, 5.41) is 2.85. The zero-order valence-electron chi connectivity index (χ0n) is 13.9. The van der Waals surface area contributed by atoms with E-state index in [1.54, 1.807) is 11.0 Å². The van der Waals surface area contributed by atoms with Crippen LogP contribution in [0.5, 0.6) is 11.5 Å². The number of nitrogens with zero attached hydrogens (tertiary/aromatic N) is 1. The predicted molar refractivity (Wildman–Crippen MR) is 94.0 cm³/mol. The van der Waals surface area contributed by atoms with Crippen molar-refractivity contribution in [3.05, 3.63) is 42.0 Å². The van der Waals surface area contributed by atoms with Crippen LogP contribution in [-0.2, 0) is 4.79 Å². The molecule has 3 heterocycles. The molecule has 0 saturated carbocycles. The van der Waals surface area contributed by atoms with Crippen molar-refractivity contribution >= 4 is 17.5 Å². The summed E-state index contributed by atoms with van der Waals surface area (Å²) in [5.74, 6) is 1.00. The van der Waals surface area contributed by atoms with Crippen molar-refractivity contribution in [2.75, 3.05) is 18.7 Å². The zero-order chi connectivity index (χ0) is 17.8. The minimum atomic E-state index is -0.608. The van der Waals surface area contributed by atoms with Crippen LogP contribution in [0.25, 0.3) is 11.1 Å². The number of hydrogen-bond donors (Lipinski definition) is 2. The van der Waals surface area contributed by atoms with Crippen LogP contribution >= 0.6 is 0 Å². The van der Waals surface area contributed by atoms with Gasteiger partial charge in [0.15, 0.2) is 11.5 Å². The minimum Gasteiger partial charge on any atom is -0.454 e. The molecule has 0 radical (unpaired) electrons. The second-order valence-corrected chi connectivity index (χ2v) is 6.71. The van der Waals surface area contributed by atoms with E-state index in [0.717, 1.165) is 11.1 Å². The molecule has 5 rings (SSSR count). The van der Waals surface area contributed by atoms with E-state index in [2.05, 4.69) is 5.32 Å². The van der Waals surface area contributed by atoms with Gasteiger partial charge in [-0.05, 0) is 41.8 Å². The summed E-state index contributed by atoms with van der Waals surface area (Å²) in [4.78, 5) is 27.1. The summed E-state index contributed by atoms with van der Waals surface area (Å²) in [6.45, 7) is 0.704. The van der Waals surface area contributed by atoms with Crippen molar-refractivity contribution in [1.82, 2.24) is 4.90 Å². The maximum Gasteiger partial charge on any atom is 0.256 e. The van der Waals surface area contributed by atoms with E-state index in [1.165, 1.54) is 0 Å². The third-order valence-corrected chi connectivity index (χ3v) is 5.19. The van der Waals surface area contributed by atoms with Gasteiger partial charge >= 0.3 is 0 Å². The molecule has 3 N–H and O–H groups in total. The average molecular weight is 351 g/mol. The van der Waals surface area contributed by atoms with Crippen LogP contribution in [0.4, 0.5) is 5.69 Å². The largest absolute Gasteiger partial charge is 0.454 e. The number of nitrogens with one attached hydrogen (secondary N) is 1. The lowest BCUT2D eigenvalue weighted by atomic mass is 10.0. The number of fused-ring (bicyclic) bond motifs is 3. The van der Waals surface area contributed by atoms with Crippen molar-refractivity contribution in [3.8, 4) is 22.6 Å². The van der Waals surface area contributed by atoms with Crippen molar-refractivity contribution < 1.29 is 19.1 Å². The van der Waals surface area contributed by atoms with Crippen LogP contribution in [-0.4, -0.2) is 42.1 Å². The highest BCUT2D eigenvalue weighted by atomic mass is 16.7. The first-order chi connectivity index (χ1) is 12.6. The van der Waals surface area contributed by atoms with E-state index in [4.69, 9.17) is 15.2 Å². The number of nitrogens with two attached hydrogens (primary N) is 1. The van der Waals surface area contributed by atoms with Crippen LogP contribution in [0.15, 0.2) is 36.4 Å². The second kappa shape index (κ2) is 5.47. The van der Waals surface area contributed by atoms with Gasteiger partial charge in [-0.3, -0.25) is 9.59 Å². The number of hydrogen-bond acceptors (Lipinski definition) is 5. The van der Waals surface area contributed by atoms with Crippen molar-refractivity contribution in [3.63, 3.8) is 0 Å². The topological polar surface area (TPSA) is 93.9 Å². The summed E-state index contributed by atoms with van der Waals surface area (Å²) in [5.41, 5.74) is 8.81. The van der Waals surface area contributed by atoms with E-state index >= 15 is 0 Å². The lowest BCUT2D eigenvalue weighted by Crippen LogP contribution is -2.48. The quantitative estimate of drug-likeness (QED) is 0.813. The van der Waals surface area contributed by atoms with Gasteiger partial charge < -0.3 is 25.4 Å². The number of benzene rings is 2. The Balaban J connectivity index is 1.57. The standard InChI is InChI=1S/C19H17N3O4/c20-13-5-6-22-17(13)18(23)21-14-3-1-10(7-12(14)19(22)24)11-2-4-15-16(8-11)26-9-25-15/h1-4,7-8,13,17H,5-6,9,20H2,(H,21,23)/t13-,17-/m0/s1. The van der Waals surface area contributed by atoms with Gasteiger partial charge in [0.05, 0.1) is 11.3 Å². The summed E-state index contributed by atoms with van der Waals surface area (Å²) in [6.07, 6.45) is 0.626. The summed E-state index contributed by atoms with van der Waals surface area (Å²) in [7, 11) is 0. The molecule has 0 bridgehead atoms. The van der Waals surface area contributed by atoms with E-state index < -0.39 is 6.04 Å². The number of amides is 2. The summed E-state index contributed by atoms with van der Waals surface area (Å²) < 4.78 is 10.8. The Hall–Kier alpha value is -3.06. The number of rotatable bonds is 1. The molecular weight excluding hydrogens is 334 g/mol. The highest BCUT2D eigenvalue weighted by Gasteiger charge is 2.43. The third-order valence-electron chi connectivity index (χ3n) is 5.19. The van der Waals surface area contributed by atoms with Crippen LogP contribution in [0.2, 0.25) is 0 Å². The van der Waals surface area contributed by atoms with Crippen molar-refractivity contribution in [1.29, 1.82) is 0 Å². The van der Waals surface area contributed by atoms with Crippen molar-refractivity contribution in [2.24, 2.45) is 5.73 Å². The van der Waals surface area contributed by atoms with Crippen LogP contribution < -0.4 is 20.5 Å². The molecule has 2 aromatic carbocycles. The second-order valence-electron chi connectivity index (χ2n) is 6.71. The monoisotopic (exact) mass is 351 g/mol. The molecule has 2 atom stereocenters. The Bertz CT molecular complexity index is 942. The summed E-state index contributed by atoms with van der Waals surface area (Å²) >= 11 is 0. The fraction of sp³-hybridized carbons (Fsp3) is 0.263. The number of carbonyl (C=O) groups excluding carboxylic acids is 2. The SMILES string of the molecule is N[C@H]1CCN2C(=O)c3cc(-c4ccc5c(c4)OCO5)ccc3NC(=O)[C@H]12. The average Bonchev–Trinajstić information content (AvgIpc) is 3.24. The van der Waals surface area contributed by atoms with Gasteiger partial charge in [0.2, 0.25) is 12.7 Å². The molecule has 0 unspecified atom stereocenters. The number of ether oxygens (including phenoxy) is 2. The number of carbonyl (C=O) groups is 2. The first-order valence-corrected chi connectivity index (χ1v) is 8.53. The normalized spacial score (nSPS) is 23.3. The fourth-order valence-corrected chi connectivity index (χ4v) is 3.83. The maximum atomic E-state index is 13.0. The van der Waals surface area contributed by atoms with E-state index in [1.807, 2.05) is 30.3 Å². The lowest BCUT2D eigenvalue weighted by molar-refractivity contribution is -0.119. The highest BCUT2D eigenvalue weighted by Crippen LogP contribution is 2.37. The van der Waals surface area contributed by atoms with Gasteiger partial charge in [-0.15, -0.1) is 0 Å². The predicted octanol–water partition coefficient (Wildman–Crippen LogP) is 1.58. The van der Waals surface area contributed by atoms with Crippen molar-refractivity contribution in [2.45, 2.75) is 18.5 Å². The Morgan fingerprint density at radius 1 is 1.04 bits per heavy atom. The number of anilines is 1. The molecule has 0 spiro atoms. The van der Waals surface area contributed by atoms with Gasteiger partial charge in [-0.1, -0.05) is 12.1 Å². The molecule has 3 aliphatic rings. The van der Waals surface area contributed by atoms with Gasteiger partial charge in [0.1, 0.15) is 6.04 Å². The Labute approximate surface area is 149 Å². The Morgan fingerprint density at radius 2 is 1.81 bits per heavy atom.